The number of thioether (sulfide) groups is 1. The molecule has 26 heavy (non-hydrogen) atoms. The smallest absolute Gasteiger partial charge is 0.231 e. The van der Waals surface area contributed by atoms with Gasteiger partial charge in [-0.2, -0.15) is 5.26 Å². The lowest BCUT2D eigenvalue weighted by molar-refractivity contribution is -0.119. The molecule has 136 valence electrons. The number of nitrogens with zero attached hydrogens (tertiary/aromatic N) is 3. The van der Waals surface area contributed by atoms with E-state index in [1.807, 2.05) is 6.07 Å². The van der Waals surface area contributed by atoms with E-state index in [4.69, 9.17) is 0 Å². The number of aromatic nitrogens is 2. The molecular weight excluding hydrogens is 366 g/mol. The molecule has 2 N–H and O–H groups in total. The van der Waals surface area contributed by atoms with Gasteiger partial charge in [0.15, 0.2) is 4.34 Å². The van der Waals surface area contributed by atoms with Crippen LogP contribution in [0.3, 0.4) is 0 Å². The van der Waals surface area contributed by atoms with Crippen molar-refractivity contribution in [2.45, 2.75) is 43.5 Å². The van der Waals surface area contributed by atoms with Gasteiger partial charge in [0.2, 0.25) is 11.0 Å². The van der Waals surface area contributed by atoms with Crippen molar-refractivity contribution in [2.75, 3.05) is 11.1 Å². The fourth-order valence-electron chi connectivity index (χ4n) is 2.60. The van der Waals surface area contributed by atoms with Crippen LogP contribution in [0.2, 0.25) is 0 Å². The number of rotatable bonds is 7. The van der Waals surface area contributed by atoms with Crippen LogP contribution in [-0.4, -0.2) is 27.4 Å². The van der Waals surface area contributed by atoms with Crippen LogP contribution in [0.4, 0.5) is 10.8 Å². The van der Waals surface area contributed by atoms with Crippen LogP contribution in [0.25, 0.3) is 0 Å². The summed E-state index contributed by atoms with van der Waals surface area (Å²) in [7, 11) is 0. The maximum Gasteiger partial charge on any atom is 0.231 e. The molecule has 1 aromatic carbocycles. The second-order valence-corrected chi connectivity index (χ2v) is 8.92. The van der Waals surface area contributed by atoms with Crippen molar-refractivity contribution in [3.05, 3.63) is 29.3 Å². The topological polar surface area (TPSA) is 90.7 Å². The van der Waals surface area contributed by atoms with Crippen LogP contribution in [-0.2, 0) is 4.79 Å². The minimum Gasteiger partial charge on any atom is -0.337 e. The molecule has 0 radical (unpaired) electrons. The predicted molar refractivity (Wildman–Crippen MR) is 105 cm³/mol. The molecule has 1 aliphatic carbocycles. The first-order valence-electron chi connectivity index (χ1n) is 8.42. The number of aryl methyl sites for hydroxylation is 2. The quantitative estimate of drug-likeness (QED) is 0.702. The predicted octanol–water partition coefficient (Wildman–Crippen LogP) is 3.80. The molecule has 0 spiro atoms. The Morgan fingerprint density at radius 3 is 2.81 bits per heavy atom. The number of hydrogen-bond donors (Lipinski definition) is 2. The van der Waals surface area contributed by atoms with Crippen molar-refractivity contribution >= 4 is 39.8 Å². The monoisotopic (exact) mass is 387 g/mol. The third kappa shape index (κ3) is 4.54. The molecule has 1 aliphatic rings. The molecule has 1 saturated carbocycles. The Morgan fingerprint density at radius 2 is 2.15 bits per heavy atom. The number of anilines is 2. The Balaban J connectivity index is 1.52. The molecule has 3 rings (SSSR count). The van der Waals surface area contributed by atoms with E-state index in [9.17, 15) is 10.1 Å². The highest BCUT2D eigenvalue weighted by molar-refractivity contribution is 8.01. The molecule has 1 fully saturated rings. The van der Waals surface area contributed by atoms with Crippen LogP contribution in [0.1, 0.15) is 30.9 Å². The van der Waals surface area contributed by atoms with Crippen LogP contribution in [0, 0.1) is 31.1 Å². The summed E-state index contributed by atoms with van der Waals surface area (Å²) in [5.74, 6) is 0.351. The molecule has 8 heteroatoms. The first-order valence-corrected chi connectivity index (χ1v) is 10.2. The fraction of sp³-hybridized carbons (Fsp3) is 0.444. The Labute approximate surface area is 161 Å². The van der Waals surface area contributed by atoms with Gasteiger partial charge in [0.25, 0.3) is 0 Å². The second-order valence-electron chi connectivity index (χ2n) is 6.72. The Morgan fingerprint density at radius 1 is 1.38 bits per heavy atom. The summed E-state index contributed by atoms with van der Waals surface area (Å²) in [6.45, 7) is 5.94. The van der Waals surface area contributed by atoms with Crippen molar-refractivity contribution in [3.63, 3.8) is 0 Å². The molecule has 2 aromatic rings. The van der Waals surface area contributed by atoms with Gasteiger partial charge in [0, 0.05) is 5.69 Å². The number of amides is 1. The summed E-state index contributed by atoms with van der Waals surface area (Å²) in [6, 6.07) is 8.36. The highest BCUT2D eigenvalue weighted by Crippen LogP contribution is 2.39. The van der Waals surface area contributed by atoms with Crippen LogP contribution < -0.4 is 10.6 Å². The van der Waals surface area contributed by atoms with E-state index in [1.54, 1.807) is 6.92 Å². The van der Waals surface area contributed by atoms with E-state index in [1.165, 1.54) is 34.2 Å². The molecular formula is C18H21N5OS2. The summed E-state index contributed by atoms with van der Waals surface area (Å²) in [5.41, 5.74) is 2.66. The summed E-state index contributed by atoms with van der Waals surface area (Å²) in [6.07, 6.45) is 2.00. The highest BCUT2D eigenvalue weighted by Gasteiger charge is 2.42. The van der Waals surface area contributed by atoms with Gasteiger partial charge in [-0.1, -0.05) is 29.2 Å². The number of benzene rings is 1. The highest BCUT2D eigenvalue weighted by atomic mass is 32.2. The largest absolute Gasteiger partial charge is 0.337 e. The van der Waals surface area contributed by atoms with Gasteiger partial charge in [-0.05, 0) is 62.8 Å². The normalized spacial score (nSPS) is 15.8. The summed E-state index contributed by atoms with van der Waals surface area (Å²) < 4.78 is 0.719. The minimum atomic E-state index is -0.755. The number of nitrogens with one attached hydrogen (secondary N) is 2. The maximum absolute atomic E-state index is 12.1. The lowest BCUT2D eigenvalue weighted by Crippen LogP contribution is -2.47. The van der Waals surface area contributed by atoms with Crippen molar-refractivity contribution in [3.8, 4) is 6.07 Å². The lowest BCUT2D eigenvalue weighted by atomic mass is 9.98. The SMILES string of the molecule is Cc1ccc(Nc2nnc(SCC(=O)NC(C)(C#N)C3CC3)s2)cc1C. The fourth-order valence-corrected chi connectivity index (χ4v) is 4.17. The Kier molecular flexibility index (Phi) is 5.49. The molecule has 1 amide bonds. The molecule has 0 saturated heterocycles. The Hall–Kier alpha value is -2.11. The lowest BCUT2D eigenvalue weighted by Gasteiger charge is -2.22. The first kappa shape index (κ1) is 18.7. The number of nitriles is 1. The van der Waals surface area contributed by atoms with E-state index in [-0.39, 0.29) is 17.6 Å². The van der Waals surface area contributed by atoms with Crippen molar-refractivity contribution < 1.29 is 4.79 Å². The third-order valence-electron chi connectivity index (χ3n) is 4.52. The molecule has 1 atom stereocenters. The van der Waals surface area contributed by atoms with Crippen molar-refractivity contribution in [1.82, 2.24) is 15.5 Å². The van der Waals surface area contributed by atoms with Gasteiger partial charge in [-0.15, -0.1) is 10.2 Å². The van der Waals surface area contributed by atoms with Gasteiger partial charge in [0.1, 0.15) is 5.54 Å². The molecule has 0 aliphatic heterocycles. The van der Waals surface area contributed by atoms with Gasteiger partial charge in [-0.3, -0.25) is 4.79 Å². The minimum absolute atomic E-state index is 0.148. The molecule has 6 nitrogen and oxygen atoms in total. The van der Waals surface area contributed by atoms with E-state index < -0.39 is 5.54 Å². The second kappa shape index (κ2) is 7.64. The van der Waals surface area contributed by atoms with Gasteiger partial charge >= 0.3 is 0 Å². The summed E-state index contributed by atoms with van der Waals surface area (Å²) in [4.78, 5) is 12.1. The zero-order valence-electron chi connectivity index (χ0n) is 15.0. The average molecular weight is 388 g/mol. The van der Waals surface area contributed by atoms with Crippen LogP contribution >= 0.6 is 23.1 Å². The van der Waals surface area contributed by atoms with E-state index in [2.05, 4.69) is 52.9 Å². The van der Waals surface area contributed by atoms with Gasteiger partial charge in [-0.25, -0.2) is 0 Å². The van der Waals surface area contributed by atoms with Gasteiger partial charge in [0.05, 0.1) is 11.8 Å². The molecule has 1 heterocycles. The number of carbonyl (C=O) groups excluding carboxylic acids is 1. The number of carbonyl (C=O) groups is 1. The summed E-state index contributed by atoms with van der Waals surface area (Å²) >= 11 is 2.74. The van der Waals surface area contributed by atoms with E-state index in [0.29, 0.717) is 5.13 Å². The Bertz CT molecular complexity index is 856. The van der Waals surface area contributed by atoms with Crippen LogP contribution in [0.5, 0.6) is 0 Å². The maximum atomic E-state index is 12.1. The zero-order chi connectivity index (χ0) is 18.7. The molecule has 1 unspecified atom stereocenters. The van der Waals surface area contributed by atoms with Gasteiger partial charge < -0.3 is 10.6 Å². The van der Waals surface area contributed by atoms with Crippen LogP contribution in [0.15, 0.2) is 22.5 Å². The average Bonchev–Trinajstić information content (AvgIpc) is 3.38. The first-order chi connectivity index (χ1) is 12.4. The molecule has 1 aromatic heterocycles. The number of hydrogen-bond acceptors (Lipinski definition) is 7. The molecule has 0 bridgehead atoms. The van der Waals surface area contributed by atoms with E-state index in [0.717, 1.165) is 22.9 Å². The van der Waals surface area contributed by atoms with E-state index >= 15 is 0 Å². The van der Waals surface area contributed by atoms with Crippen molar-refractivity contribution in [2.24, 2.45) is 5.92 Å². The summed E-state index contributed by atoms with van der Waals surface area (Å²) in [5, 5.41) is 24.3. The standard InChI is InChI=1S/C18H21N5OS2/c1-11-4-7-14(8-12(11)2)20-16-22-23-17(26-16)25-9-15(24)21-18(3,10-19)13-5-6-13/h4,7-8,13H,5-6,9H2,1-3H3,(H,20,22)(H,21,24). The third-order valence-corrected chi connectivity index (χ3v) is 6.49. The van der Waals surface area contributed by atoms with Crippen molar-refractivity contribution in [1.29, 1.82) is 5.26 Å². The zero-order valence-corrected chi connectivity index (χ0v) is 16.6.